The molecule has 0 fully saturated rings. The molecule has 1 heterocycles. The first-order valence-corrected chi connectivity index (χ1v) is 7.13. The predicted molar refractivity (Wildman–Crippen MR) is 89.4 cm³/mol. The van der Waals surface area contributed by atoms with Crippen molar-refractivity contribution < 1.29 is 19.4 Å². The Morgan fingerprint density at radius 2 is 1.91 bits per heavy atom. The van der Waals surface area contributed by atoms with E-state index in [0.29, 0.717) is 17.1 Å². The second-order valence-corrected chi connectivity index (χ2v) is 5.40. The van der Waals surface area contributed by atoms with Gasteiger partial charge in [-0.15, -0.1) is 0 Å². The lowest BCUT2D eigenvalue weighted by molar-refractivity contribution is 0.0697. The van der Waals surface area contributed by atoms with E-state index in [1.165, 1.54) is 6.07 Å². The minimum absolute atomic E-state index is 0.102. The molecule has 1 aliphatic rings. The van der Waals surface area contributed by atoms with Crippen LogP contribution < -0.4 is 14.4 Å². The summed E-state index contributed by atoms with van der Waals surface area (Å²) in [7, 11) is 3.83. The van der Waals surface area contributed by atoms with Gasteiger partial charge in [-0.05, 0) is 17.7 Å². The van der Waals surface area contributed by atoms with Crippen LogP contribution in [0.4, 0.5) is 5.69 Å². The number of carboxylic acids is 1. The van der Waals surface area contributed by atoms with E-state index < -0.39 is 5.97 Å². The monoisotopic (exact) mass is 311 g/mol. The molecule has 2 aromatic rings. The van der Waals surface area contributed by atoms with Crippen molar-refractivity contribution in [2.24, 2.45) is 0 Å². The third kappa shape index (κ3) is 2.50. The Labute approximate surface area is 134 Å². The van der Waals surface area contributed by atoms with Gasteiger partial charge in [0.05, 0.1) is 11.3 Å². The van der Waals surface area contributed by atoms with Crippen molar-refractivity contribution in [2.45, 2.75) is 0 Å². The largest absolute Gasteiger partial charge is 0.478 e. The van der Waals surface area contributed by atoms with Gasteiger partial charge in [-0.25, -0.2) is 4.79 Å². The van der Waals surface area contributed by atoms with Crippen LogP contribution in [0.15, 0.2) is 36.9 Å². The summed E-state index contributed by atoms with van der Waals surface area (Å²) in [4.78, 5) is 13.6. The fraction of sp³-hybridized carbons (Fsp3) is 0.167. The zero-order valence-electron chi connectivity index (χ0n) is 13.0. The van der Waals surface area contributed by atoms with Crippen LogP contribution in [0.2, 0.25) is 0 Å². The van der Waals surface area contributed by atoms with Gasteiger partial charge in [-0.3, -0.25) is 0 Å². The van der Waals surface area contributed by atoms with Gasteiger partial charge >= 0.3 is 5.97 Å². The molecule has 23 heavy (non-hydrogen) atoms. The number of carboxylic acid groups (broad SMARTS) is 1. The van der Waals surface area contributed by atoms with Gasteiger partial charge in [0.1, 0.15) is 0 Å². The first-order chi connectivity index (χ1) is 11.0. The minimum atomic E-state index is -1.01. The number of ether oxygens (including phenoxy) is 2. The quantitative estimate of drug-likeness (QED) is 0.936. The molecule has 0 saturated carbocycles. The topological polar surface area (TPSA) is 59.0 Å². The summed E-state index contributed by atoms with van der Waals surface area (Å²) < 4.78 is 10.7. The molecule has 0 spiro atoms. The van der Waals surface area contributed by atoms with Crippen molar-refractivity contribution >= 4 is 17.7 Å². The molecule has 5 heteroatoms. The molecule has 0 aliphatic carbocycles. The first kappa shape index (κ1) is 15.0. The van der Waals surface area contributed by atoms with Crippen LogP contribution >= 0.6 is 0 Å². The number of rotatable bonds is 4. The number of para-hydroxylation sites is 1. The zero-order valence-corrected chi connectivity index (χ0v) is 13.0. The fourth-order valence-electron chi connectivity index (χ4n) is 2.78. The zero-order chi connectivity index (χ0) is 16.6. The molecule has 118 valence electrons. The van der Waals surface area contributed by atoms with Crippen LogP contribution in [0.25, 0.3) is 17.2 Å². The van der Waals surface area contributed by atoms with E-state index in [1.54, 1.807) is 12.1 Å². The van der Waals surface area contributed by atoms with Crippen LogP contribution in [0, 0.1) is 0 Å². The summed E-state index contributed by atoms with van der Waals surface area (Å²) in [5.41, 5.74) is 3.42. The molecule has 0 radical (unpaired) electrons. The molecule has 0 saturated heterocycles. The average Bonchev–Trinajstić information content (AvgIpc) is 2.99. The SMILES string of the molecule is C=Cc1cccc(-c2cc3c(cc2C(=O)O)OCO3)c1N(C)C. The van der Waals surface area contributed by atoms with Crippen LogP contribution in [0.5, 0.6) is 11.5 Å². The molecule has 0 unspecified atom stereocenters. The Morgan fingerprint density at radius 1 is 1.22 bits per heavy atom. The van der Waals surface area contributed by atoms with Crippen LogP contribution in [0.3, 0.4) is 0 Å². The van der Waals surface area contributed by atoms with Gasteiger partial charge in [0.25, 0.3) is 0 Å². The van der Waals surface area contributed by atoms with Crippen LogP contribution in [0.1, 0.15) is 15.9 Å². The molecule has 5 nitrogen and oxygen atoms in total. The highest BCUT2D eigenvalue weighted by Gasteiger charge is 2.23. The normalized spacial score (nSPS) is 12.1. The molecular weight excluding hydrogens is 294 g/mol. The lowest BCUT2D eigenvalue weighted by Crippen LogP contribution is -2.12. The van der Waals surface area contributed by atoms with Crippen molar-refractivity contribution in [3.05, 3.63) is 48.0 Å². The molecule has 1 aliphatic heterocycles. The number of aromatic carboxylic acids is 1. The van der Waals surface area contributed by atoms with E-state index in [-0.39, 0.29) is 12.4 Å². The van der Waals surface area contributed by atoms with Crippen molar-refractivity contribution in [3.63, 3.8) is 0 Å². The Balaban J connectivity index is 2.31. The number of anilines is 1. The van der Waals surface area contributed by atoms with E-state index >= 15 is 0 Å². The molecule has 0 bridgehead atoms. The van der Waals surface area contributed by atoms with E-state index in [9.17, 15) is 9.90 Å². The number of hydrogen-bond donors (Lipinski definition) is 1. The van der Waals surface area contributed by atoms with E-state index in [0.717, 1.165) is 16.8 Å². The maximum Gasteiger partial charge on any atom is 0.336 e. The summed E-state index contributed by atoms with van der Waals surface area (Å²) in [5.74, 6) is 0.00292. The average molecular weight is 311 g/mol. The number of fused-ring (bicyclic) bond motifs is 1. The highest BCUT2D eigenvalue weighted by molar-refractivity contribution is 6.00. The lowest BCUT2D eigenvalue weighted by Gasteiger charge is -2.21. The molecule has 0 aromatic heterocycles. The van der Waals surface area contributed by atoms with E-state index in [4.69, 9.17) is 9.47 Å². The molecule has 2 aromatic carbocycles. The second kappa shape index (κ2) is 5.68. The Bertz CT molecular complexity index is 796. The van der Waals surface area contributed by atoms with Gasteiger partial charge in [-0.1, -0.05) is 30.9 Å². The highest BCUT2D eigenvalue weighted by Crippen LogP contribution is 2.42. The fourth-order valence-corrected chi connectivity index (χ4v) is 2.78. The Hall–Kier alpha value is -2.95. The van der Waals surface area contributed by atoms with Crippen LogP contribution in [-0.2, 0) is 0 Å². The molecule has 1 N–H and O–H groups in total. The number of carbonyl (C=O) groups is 1. The third-order valence-corrected chi connectivity index (χ3v) is 3.77. The summed E-state index contributed by atoms with van der Waals surface area (Å²) in [5, 5.41) is 9.58. The van der Waals surface area contributed by atoms with Gasteiger partial charge in [0.15, 0.2) is 11.5 Å². The second-order valence-electron chi connectivity index (χ2n) is 5.40. The number of nitrogens with zero attached hydrogens (tertiary/aromatic N) is 1. The predicted octanol–water partition coefficient (Wildman–Crippen LogP) is 3.49. The van der Waals surface area contributed by atoms with Crippen molar-refractivity contribution in [1.29, 1.82) is 0 Å². The maximum absolute atomic E-state index is 11.7. The Morgan fingerprint density at radius 3 is 2.52 bits per heavy atom. The summed E-state index contributed by atoms with van der Waals surface area (Å²) >= 11 is 0. The highest BCUT2D eigenvalue weighted by atomic mass is 16.7. The number of benzene rings is 2. The summed E-state index contributed by atoms with van der Waals surface area (Å²) in [6.45, 7) is 3.94. The molecule has 0 atom stereocenters. The molecule has 0 amide bonds. The minimum Gasteiger partial charge on any atom is -0.478 e. The van der Waals surface area contributed by atoms with Gasteiger partial charge in [0.2, 0.25) is 6.79 Å². The molecule has 3 rings (SSSR count). The maximum atomic E-state index is 11.7. The van der Waals surface area contributed by atoms with Crippen molar-refractivity contribution in [1.82, 2.24) is 0 Å². The van der Waals surface area contributed by atoms with E-state index in [2.05, 4.69) is 6.58 Å². The summed E-state index contributed by atoms with van der Waals surface area (Å²) in [6, 6.07) is 8.96. The van der Waals surface area contributed by atoms with Crippen LogP contribution in [-0.4, -0.2) is 32.0 Å². The lowest BCUT2D eigenvalue weighted by atomic mass is 9.94. The molecular formula is C18H17NO4. The van der Waals surface area contributed by atoms with E-state index in [1.807, 2.05) is 37.2 Å². The Kier molecular flexibility index (Phi) is 3.70. The standard InChI is InChI=1S/C18H17NO4/c1-4-11-6-5-7-12(17(11)19(2)3)13-8-15-16(23-10-22-15)9-14(13)18(20)21/h4-9H,1,10H2,2-3H3,(H,20,21). The van der Waals surface area contributed by atoms with Crippen molar-refractivity contribution in [3.8, 4) is 22.6 Å². The number of hydrogen-bond acceptors (Lipinski definition) is 4. The third-order valence-electron chi connectivity index (χ3n) is 3.77. The van der Waals surface area contributed by atoms with Gasteiger partial charge < -0.3 is 19.5 Å². The van der Waals surface area contributed by atoms with Gasteiger partial charge in [-0.2, -0.15) is 0 Å². The van der Waals surface area contributed by atoms with Gasteiger partial charge in [0, 0.05) is 25.2 Å². The first-order valence-electron chi connectivity index (χ1n) is 7.13. The smallest absolute Gasteiger partial charge is 0.336 e. The van der Waals surface area contributed by atoms with Crippen molar-refractivity contribution in [2.75, 3.05) is 25.8 Å². The summed E-state index contributed by atoms with van der Waals surface area (Å²) in [6.07, 6.45) is 1.76.